The zero-order valence-corrected chi connectivity index (χ0v) is 10.6. The number of nitrogens with zero attached hydrogens (tertiary/aromatic N) is 1. The fourth-order valence-corrected chi connectivity index (χ4v) is 2.39. The molecule has 2 amide bonds. The van der Waals surface area contributed by atoms with E-state index >= 15 is 0 Å². The Balaban J connectivity index is 2.31. The number of hydrogen-bond donors (Lipinski definition) is 1. The van der Waals surface area contributed by atoms with Gasteiger partial charge in [-0.2, -0.15) is 0 Å². The largest absolute Gasteiger partial charge is 0.398 e. The first kappa shape index (κ1) is 12.6. The van der Waals surface area contributed by atoms with Crippen LogP contribution in [0.25, 0.3) is 0 Å². The summed E-state index contributed by atoms with van der Waals surface area (Å²) in [4.78, 5) is 25.4. The molecule has 0 spiro atoms. The van der Waals surface area contributed by atoms with E-state index in [0.717, 1.165) is 18.4 Å². The zero-order chi connectivity index (χ0) is 13.1. The minimum atomic E-state index is -0.288. The molecule has 1 atom stereocenters. The number of carbonyl (C=O) groups is 2. The van der Waals surface area contributed by atoms with Crippen LogP contribution in [0.15, 0.2) is 24.3 Å². The van der Waals surface area contributed by atoms with Crippen LogP contribution < -0.4 is 5.73 Å². The molecule has 0 saturated carbocycles. The molecule has 1 unspecified atom stereocenters. The number of benzene rings is 1. The number of imide groups is 1. The van der Waals surface area contributed by atoms with E-state index in [1.165, 1.54) is 4.90 Å². The van der Waals surface area contributed by atoms with Crippen LogP contribution in [0.1, 0.15) is 44.2 Å². The molecule has 1 fully saturated rings. The zero-order valence-electron chi connectivity index (χ0n) is 10.6. The van der Waals surface area contributed by atoms with Crippen LogP contribution in [0.4, 0.5) is 5.69 Å². The van der Waals surface area contributed by atoms with Crippen molar-refractivity contribution in [2.45, 2.75) is 38.6 Å². The van der Waals surface area contributed by atoms with Crippen molar-refractivity contribution in [3.63, 3.8) is 0 Å². The molecule has 1 aromatic rings. The predicted octanol–water partition coefficient (Wildman–Crippen LogP) is 2.26. The first-order valence-electron chi connectivity index (χ1n) is 6.30. The summed E-state index contributed by atoms with van der Waals surface area (Å²) in [6.45, 7) is 1.85. The summed E-state index contributed by atoms with van der Waals surface area (Å²) in [7, 11) is 0. The number of likely N-dealkylation sites (tertiary alicyclic amines) is 1. The fourth-order valence-electron chi connectivity index (χ4n) is 2.39. The molecule has 0 bridgehead atoms. The topological polar surface area (TPSA) is 63.4 Å². The Labute approximate surface area is 107 Å². The van der Waals surface area contributed by atoms with E-state index in [1.807, 2.05) is 25.1 Å². The standard InChI is InChI=1S/C14H18N2O2/c1-10(11-6-2-3-7-12(11)15)16-13(17)8-4-5-9-14(16)18/h2-3,6-7,10H,4-5,8-9,15H2,1H3. The van der Waals surface area contributed by atoms with Crippen molar-refractivity contribution in [2.24, 2.45) is 0 Å². The van der Waals surface area contributed by atoms with Crippen molar-refractivity contribution < 1.29 is 9.59 Å². The van der Waals surface area contributed by atoms with Crippen LogP contribution in [0.3, 0.4) is 0 Å². The van der Waals surface area contributed by atoms with Crippen molar-refractivity contribution in [3.8, 4) is 0 Å². The highest BCUT2D eigenvalue weighted by molar-refractivity contribution is 5.96. The van der Waals surface area contributed by atoms with E-state index in [4.69, 9.17) is 5.73 Å². The predicted molar refractivity (Wildman–Crippen MR) is 69.6 cm³/mol. The molecular formula is C14H18N2O2. The smallest absolute Gasteiger partial charge is 0.229 e. The maximum atomic E-state index is 12.0. The third-order valence-electron chi connectivity index (χ3n) is 3.40. The molecule has 1 aliphatic rings. The average Bonchev–Trinajstić information content (AvgIpc) is 2.50. The Hall–Kier alpha value is -1.84. The summed E-state index contributed by atoms with van der Waals surface area (Å²) >= 11 is 0. The van der Waals surface area contributed by atoms with Gasteiger partial charge in [0.05, 0.1) is 6.04 Å². The number of nitrogen functional groups attached to an aromatic ring is 1. The van der Waals surface area contributed by atoms with Gasteiger partial charge in [0.25, 0.3) is 0 Å². The van der Waals surface area contributed by atoms with Crippen molar-refractivity contribution in [3.05, 3.63) is 29.8 Å². The van der Waals surface area contributed by atoms with Crippen LogP contribution in [0, 0.1) is 0 Å². The third-order valence-corrected chi connectivity index (χ3v) is 3.40. The second-order valence-electron chi connectivity index (χ2n) is 4.67. The van der Waals surface area contributed by atoms with Gasteiger partial charge in [0, 0.05) is 18.5 Å². The number of rotatable bonds is 2. The number of para-hydroxylation sites is 1. The summed E-state index contributed by atoms with van der Waals surface area (Å²) in [5.41, 5.74) is 7.36. The first-order valence-corrected chi connectivity index (χ1v) is 6.30. The molecule has 0 aromatic heterocycles. The van der Waals surface area contributed by atoms with Crippen molar-refractivity contribution in [1.82, 2.24) is 4.90 Å². The van der Waals surface area contributed by atoms with E-state index in [9.17, 15) is 9.59 Å². The molecule has 96 valence electrons. The maximum absolute atomic E-state index is 12.0. The van der Waals surface area contributed by atoms with Gasteiger partial charge in [0.15, 0.2) is 0 Å². The minimum absolute atomic E-state index is 0.0896. The second-order valence-corrected chi connectivity index (χ2v) is 4.67. The van der Waals surface area contributed by atoms with E-state index < -0.39 is 0 Å². The van der Waals surface area contributed by atoms with Gasteiger partial charge in [0.1, 0.15) is 0 Å². The molecule has 1 aromatic carbocycles. The summed E-state index contributed by atoms with van der Waals surface area (Å²) < 4.78 is 0. The van der Waals surface area contributed by atoms with Gasteiger partial charge in [-0.3, -0.25) is 14.5 Å². The lowest BCUT2D eigenvalue weighted by Gasteiger charge is -2.27. The van der Waals surface area contributed by atoms with Gasteiger partial charge >= 0.3 is 0 Å². The number of nitrogens with two attached hydrogens (primary N) is 1. The number of amides is 2. The molecule has 4 heteroatoms. The summed E-state index contributed by atoms with van der Waals surface area (Å²) in [5, 5.41) is 0. The van der Waals surface area contributed by atoms with E-state index in [-0.39, 0.29) is 17.9 Å². The molecule has 2 N–H and O–H groups in total. The van der Waals surface area contributed by atoms with E-state index in [0.29, 0.717) is 18.5 Å². The highest BCUT2D eigenvalue weighted by Crippen LogP contribution is 2.28. The van der Waals surface area contributed by atoms with Gasteiger partial charge in [0.2, 0.25) is 11.8 Å². The van der Waals surface area contributed by atoms with Gasteiger partial charge in [-0.05, 0) is 31.4 Å². The molecule has 0 radical (unpaired) electrons. The van der Waals surface area contributed by atoms with Gasteiger partial charge in [-0.15, -0.1) is 0 Å². The SMILES string of the molecule is CC(c1ccccc1N)N1C(=O)CCCCC1=O. The van der Waals surface area contributed by atoms with Crippen LogP contribution in [0.2, 0.25) is 0 Å². The molecule has 1 aliphatic heterocycles. The lowest BCUT2D eigenvalue weighted by atomic mass is 10.0. The Morgan fingerprint density at radius 3 is 2.22 bits per heavy atom. The van der Waals surface area contributed by atoms with Gasteiger partial charge < -0.3 is 5.73 Å². The second kappa shape index (κ2) is 5.21. The fraction of sp³-hybridized carbons (Fsp3) is 0.429. The van der Waals surface area contributed by atoms with Crippen molar-refractivity contribution in [2.75, 3.05) is 5.73 Å². The van der Waals surface area contributed by atoms with E-state index in [1.54, 1.807) is 6.07 Å². The quantitative estimate of drug-likeness (QED) is 0.643. The molecule has 1 saturated heterocycles. The van der Waals surface area contributed by atoms with Gasteiger partial charge in [-0.1, -0.05) is 18.2 Å². The third kappa shape index (κ3) is 2.37. The summed E-state index contributed by atoms with van der Waals surface area (Å²) in [5.74, 6) is -0.179. The molecule has 0 aliphatic carbocycles. The number of anilines is 1. The molecule has 2 rings (SSSR count). The number of carbonyl (C=O) groups excluding carboxylic acids is 2. The summed E-state index contributed by atoms with van der Waals surface area (Å²) in [6, 6.07) is 7.08. The molecular weight excluding hydrogens is 228 g/mol. The van der Waals surface area contributed by atoms with Crippen molar-refractivity contribution >= 4 is 17.5 Å². The van der Waals surface area contributed by atoms with E-state index in [2.05, 4.69) is 0 Å². The van der Waals surface area contributed by atoms with Crippen molar-refractivity contribution in [1.29, 1.82) is 0 Å². The molecule has 18 heavy (non-hydrogen) atoms. The van der Waals surface area contributed by atoms with Crippen LogP contribution >= 0.6 is 0 Å². The van der Waals surface area contributed by atoms with Crippen LogP contribution in [-0.4, -0.2) is 16.7 Å². The Kier molecular flexibility index (Phi) is 3.65. The lowest BCUT2D eigenvalue weighted by Crippen LogP contribution is -2.37. The minimum Gasteiger partial charge on any atom is -0.398 e. The Bertz CT molecular complexity index is 453. The highest BCUT2D eigenvalue weighted by atomic mass is 16.2. The van der Waals surface area contributed by atoms with Crippen LogP contribution in [-0.2, 0) is 9.59 Å². The van der Waals surface area contributed by atoms with Gasteiger partial charge in [-0.25, -0.2) is 0 Å². The maximum Gasteiger partial charge on any atom is 0.229 e. The molecule has 4 nitrogen and oxygen atoms in total. The monoisotopic (exact) mass is 246 g/mol. The number of hydrogen-bond acceptors (Lipinski definition) is 3. The average molecular weight is 246 g/mol. The lowest BCUT2D eigenvalue weighted by molar-refractivity contribution is -0.146. The normalized spacial score (nSPS) is 18.6. The first-order chi connectivity index (χ1) is 8.61. The molecule has 1 heterocycles. The Morgan fingerprint density at radius 1 is 1.11 bits per heavy atom. The summed E-state index contributed by atoms with van der Waals surface area (Å²) in [6.07, 6.45) is 2.47. The highest BCUT2D eigenvalue weighted by Gasteiger charge is 2.29. The Morgan fingerprint density at radius 2 is 1.67 bits per heavy atom. The van der Waals surface area contributed by atoms with Crippen LogP contribution in [0.5, 0.6) is 0 Å².